The maximum atomic E-state index is 5.67. The molecule has 0 spiro atoms. The molecule has 2 aromatic carbocycles. The Kier molecular flexibility index (Phi) is 5.05. The maximum Gasteiger partial charge on any atom is 0.146 e. The van der Waals surface area contributed by atoms with Crippen LogP contribution in [0.15, 0.2) is 53.0 Å². The van der Waals surface area contributed by atoms with E-state index in [0.29, 0.717) is 0 Å². The summed E-state index contributed by atoms with van der Waals surface area (Å²) in [4.78, 5) is 4.87. The molecule has 0 aliphatic heterocycles. The van der Waals surface area contributed by atoms with Gasteiger partial charge in [0.1, 0.15) is 10.5 Å². The predicted octanol–water partition coefficient (Wildman–Crippen LogP) is 6.47. The molecule has 2 nitrogen and oxygen atoms in total. The zero-order chi connectivity index (χ0) is 18.1. The lowest BCUT2D eigenvalue weighted by Crippen LogP contribution is -2.17. The molecule has 0 saturated heterocycles. The van der Waals surface area contributed by atoms with Gasteiger partial charge in [-0.3, -0.25) is 4.57 Å². The van der Waals surface area contributed by atoms with Crippen LogP contribution < -0.4 is 0 Å². The Balaban J connectivity index is 1.99. The van der Waals surface area contributed by atoms with Crippen molar-refractivity contribution in [2.45, 2.75) is 39.0 Å². The average Bonchev–Trinajstić information content (AvgIpc) is 2.69. The quantitative estimate of drug-likeness (QED) is 0.448. The lowest BCUT2D eigenvalue weighted by molar-refractivity contribution is 0.642. The minimum Gasteiger partial charge on any atom is -0.298 e. The minimum atomic E-state index is 0.763. The normalized spacial score (nSPS) is 13.5. The minimum absolute atomic E-state index is 0.763. The van der Waals surface area contributed by atoms with Gasteiger partial charge in [0.05, 0.1) is 0 Å². The average molecular weight is 425 g/mol. The maximum absolute atomic E-state index is 5.67. The molecule has 1 aromatic heterocycles. The van der Waals surface area contributed by atoms with Gasteiger partial charge in [-0.2, -0.15) is 0 Å². The van der Waals surface area contributed by atoms with Crippen LogP contribution in [-0.2, 0) is 19.3 Å². The molecule has 1 aliphatic carbocycles. The molecular weight excluding hydrogens is 404 g/mol. The van der Waals surface area contributed by atoms with E-state index in [1.807, 2.05) is 0 Å². The fourth-order valence-corrected chi connectivity index (χ4v) is 4.23. The first-order valence-corrected chi connectivity index (χ1v) is 10.4. The number of fused-ring (bicyclic) bond motifs is 1. The van der Waals surface area contributed by atoms with E-state index in [2.05, 4.69) is 76.0 Å². The summed E-state index contributed by atoms with van der Waals surface area (Å²) in [5, 5.41) is 0. The van der Waals surface area contributed by atoms with Crippen molar-refractivity contribution in [2.75, 3.05) is 0 Å². The molecule has 0 fully saturated rings. The summed E-state index contributed by atoms with van der Waals surface area (Å²) in [6.07, 6.45) is 5.55. The Morgan fingerprint density at radius 1 is 1.00 bits per heavy atom. The fourth-order valence-electron chi connectivity index (χ4n) is 3.66. The van der Waals surface area contributed by atoms with Crippen LogP contribution in [-0.4, -0.2) is 9.55 Å². The smallest absolute Gasteiger partial charge is 0.146 e. The third kappa shape index (κ3) is 3.28. The van der Waals surface area contributed by atoms with Crippen molar-refractivity contribution in [1.29, 1.82) is 0 Å². The number of nitrogens with zero attached hydrogens (tertiary/aromatic N) is 2. The van der Waals surface area contributed by atoms with Gasteiger partial charge in [0.2, 0.25) is 0 Å². The highest BCUT2D eigenvalue weighted by Gasteiger charge is 2.20. The zero-order valence-electron chi connectivity index (χ0n) is 14.8. The zero-order valence-corrected chi connectivity index (χ0v) is 17.2. The lowest BCUT2D eigenvalue weighted by Gasteiger charge is -2.24. The van der Waals surface area contributed by atoms with Crippen LogP contribution >= 0.6 is 28.1 Å². The molecule has 132 valence electrons. The van der Waals surface area contributed by atoms with E-state index in [4.69, 9.17) is 17.2 Å². The molecule has 0 atom stereocenters. The predicted molar refractivity (Wildman–Crippen MR) is 114 cm³/mol. The van der Waals surface area contributed by atoms with Gasteiger partial charge in [-0.05, 0) is 61.9 Å². The molecule has 0 radical (unpaired) electrons. The summed E-state index contributed by atoms with van der Waals surface area (Å²) in [5.41, 5.74) is 6.19. The summed E-state index contributed by atoms with van der Waals surface area (Å²) in [7, 11) is 0. The molecule has 0 amide bonds. The Morgan fingerprint density at radius 2 is 1.69 bits per heavy atom. The SMILES string of the molecule is CCc1ccc(-n2c(-c3ccc(Br)cc3)nc(=S)c3c2CCCC3)cc1. The Hall–Kier alpha value is -1.78. The van der Waals surface area contributed by atoms with E-state index in [1.165, 1.54) is 35.3 Å². The number of hydrogen-bond acceptors (Lipinski definition) is 2. The van der Waals surface area contributed by atoms with Gasteiger partial charge < -0.3 is 0 Å². The molecule has 0 unspecified atom stereocenters. The van der Waals surface area contributed by atoms with Gasteiger partial charge in [0, 0.05) is 27.0 Å². The van der Waals surface area contributed by atoms with E-state index in [0.717, 1.165) is 39.8 Å². The lowest BCUT2D eigenvalue weighted by atomic mass is 9.96. The van der Waals surface area contributed by atoms with E-state index < -0.39 is 0 Å². The summed E-state index contributed by atoms with van der Waals surface area (Å²) < 4.78 is 4.16. The summed E-state index contributed by atoms with van der Waals surface area (Å²) >= 11 is 9.19. The third-order valence-electron chi connectivity index (χ3n) is 5.09. The number of rotatable bonds is 3. The van der Waals surface area contributed by atoms with Crippen LogP contribution in [0.25, 0.3) is 17.1 Å². The van der Waals surface area contributed by atoms with E-state index >= 15 is 0 Å². The van der Waals surface area contributed by atoms with Crippen molar-refractivity contribution < 1.29 is 0 Å². The van der Waals surface area contributed by atoms with Crippen molar-refractivity contribution in [2.24, 2.45) is 0 Å². The first-order chi connectivity index (χ1) is 12.7. The number of hydrogen-bond donors (Lipinski definition) is 0. The molecule has 3 aromatic rings. The van der Waals surface area contributed by atoms with E-state index in [9.17, 15) is 0 Å². The second kappa shape index (κ2) is 7.45. The second-order valence-corrected chi connectivity index (χ2v) is 8.04. The highest BCUT2D eigenvalue weighted by Crippen LogP contribution is 2.31. The Morgan fingerprint density at radius 3 is 2.38 bits per heavy atom. The van der Waals surface area contributed by atoms with Gasteiger partial charge in [0.15, 0.2) is 0 Å². The van der Waals surface area contributed by atoms with Gasteiger partial charge in [-0.1, -0.05) is 59.3 Å². The van der Waals surface area contributed by atoms with Crippen molar-refractivity contribution >= 4 is 28.1 Å². The number of halogens is 1. The number of benzene rings is 2. The highest BCUT2D eigenvalue weighted by molar-refractivity contribution is 9.10. The first kappa shape index (κ1) is 17.6. The molecule has 1 heterocycles. The molecule has 4 heteroatoms. The van der Waals surface area contributed by atoms with Crippen LogP contribution in [0.5, 0.6) is 0 Å². The monoisotopic (exact) mass is 424 g/mol. The topological polar surface area (TPSA) is 17.8 Å². The summed E-state index contributed by atoms with van der Waals surface area (Å²) in [6.45, 7) is 2.19. The highest BCUT2D eigenvalue weighted by atomic mass is 79.9. The largest absolute Gasteiger partial charge is 0.298 e. The van der Waals surface area contributed by atoms with Gasteiger partial charge in [-0.25, -0.2) is 4.98 Å². The number of aromatic nitrogens is 2. The first-order valence-electron chi connectivity index (χ1n) is 9.17. The van der Waals surface area contributed by atoms with Crippen LogP contribution in [0.2, 0.25) is 0 Å². The van der Waals surface area contributed by atoms with E-state index in [1.54, 1.807) is 0 Å². The molecule has 0 N–H and O–H groups in total. The van der Waals surface area contributed by atoms with Crippen LogP contribution in [0.3, 0.4) is 0 Å². The van der Waals surface area contributed by atoms with Crippen LogP contribution in [0, 0.1) is 4.64 Å². The van der Waals surface area contributed by atoms with Crippen molar-refractivity contribution in [3.63, 3.8) is 0 Å². The third-order valence-corrected chi connectivity index (χ3v) is 5.96. The number of aryl methyl sites for hydroxylation is 1. The molecule has 0 bridgehead atoms. The van der Waals surface area contributed by atoms with Crippen molar-refractivity contribution in [3.8, 4) is 17.1 Å². The van der Waals surface area contributed by atoms with Gasteiger partial charge in [-0.15, -0.1) is 0 Å². The van der Waals surface area contributed by atoms with E-state index in [-0.39, 0.29) is 0 Å². The van der Waals surface area contributed by atoms with Gasteiger partial charge in [0.25, 0.3) is 0 Å². The van der Waals surface area contributed by atoms with Crippen molar-refractivity contribution in [1.82, 2.24) is 9.55 Å². The summed E-state index contributed by atoms with van der Waals surface area (Å²) in [6, 6.07) is 17.2. The van der Waals surface area contributed by atoms with Crippen molar-refractivity contribution in [3.05, 3.63) is 74.5 Å². The molecule has 0 saturated carbocycles. The fraction of sp³-hybridized carbons (Fsp3) is 0.273. The second-order valence-electron chi connectivity index (χ2n) is 6.74. The molecule has 4 rings (SSSR count). The summed E-state index contributed by atoms with van der Waals surface area (Å²) in [5.74, 6) is 0.937. The Labute approximate surface area is 168 Å². The molecule has 26 heavy (non-hydrogen) atoms. The standard InChI is InChI=1S/C22H21BrN2S/c1-2-15-7-13-18(14-8-15)25-20-6-4-3-5-19(20)22(26)24-21(25)16-9-11-17(23)12-10-16/h7-14H,2-6H2,1H3. The van der Waals surface area contributed by atoms with Crippen LogP contribution in [0.1, 0.15) is 36.6 Å². The molecule has 1 aliphatic rings. The molecular formula is C22H21BrN2S. The Bertz CT molecular complexity index is 988. The van der Waals surface area contributed by atoms with Gasteiger partial charge >= 0.3 is 0 Å². The van der Waals surface area contributed by atoms with Crippen LogP contribution in [0.4, 0.5) is 0 Å².